The van der Waals surface area contributed by atoms with Gasteiger partial charge in [-0.2, -0.15) is 0 Å². The van der Waals surface area contributed by atoms with E-state index in [0.717, 1.165) is 36.0 Å². The van der Waals surface area contributed by atoms with Gasteiger partial charge >= 0.3 is 0 Å². The van der Waals surface area contributed by atoms with E-state index in [9.17, 15) is 0 Å². The third-order valence-electron chi connectivity index (χ3n) is 6.03. The highest BCUT2D eigenvalue weighted by atomic mass is 35.5. The molecule has 4 saturated carbocycles. The molecule has 4 aliphatic carbocycles. The normalized spacial score (nSPS) is 70.8. The first-order chi connectivity index (χ1) is 7.17. The molecule has 1 nitrogen and oxygen atoms in total. The molecule has 0 N–H and O–H groups in total. The number of alkyl halides is 2. The highest BCUT2D eigenvalue weighted by molar-refractivity contribution is 6.48. The monoisotopic (exact) mass is 244 g/mol. The molecule has 0 aromatic carbocycles. The van der Waals surface area contributed by atoms with Gasteiger partial charge in [-0.15, -0.1) is 23.2 Å². The summed E-state index contributed by atoms with van der Waals surface area (Å²) in [5.74, 6) is 4.83. The lowest BCUT2D eigenvalue weighted by Gasteiger charge is -2.38. The SMILES string of the molecule is ClC1(Cl)CC2CC1C1C3CC(C4OC34)C21. The van der Waals surface area contributed by atoms with Crippen molar-refractivity contribution in [3.05, 3.63) is 0 Å². The van der Waals surface area contributed by atoms with Crippen LogP contribution >= 0.6 is 23.2 Å². The maximum Gasteiger partial charge on any atom is 0.121 e. The van der Waals surface area contributed by atoms with Crippen molar-refractivity contribution in [2.24, 2.45) is 35.5 Å². The molecule has 4 bridgehead atoms. The predicted molar refractivity (Wildman–Crippen MR) is 57.9 cm³/mol. The fourth-order valence-corrected chi connectivity index (χ4v) is 6.64. The Kier molecular flexibility index (Phi) is 1.28. The summed E-state index contributed by atoms with van der Waals surface area (Å²) in [7, 11) is 0. The molecule has 0 spiro atoms. The molecule has 0 radical (unpaired) electrons. The molecule has 8 atom stereocenters. The number of fused-ring (bicyclic) bond motifs is 12. The summed E-state index contributed by atoms with van der Waals surface area (Å²) in [5, 5.41) is 0. The van der Waals surface area contributed by atoms with Gasteiger partial charge in [0.25, 0.3) is 0 Å². The van der Waals surface area contributed by atoms with Crippen molar-refractivity contribution in [1.29, 1.82) is 0 Å². The minimum absolute atomic E-state index is 0.402. The van der Waals surface area contributed by atoms with E-state index < -0.39 is 4.33 Å². The third kappa shape index (κ3) is 0.798. The van der Waals surface area contributed by atoms with Gasteiger partial charge in [0.2, 0.25) is 0 Å². The fourth-order valence-electron chi connectivity index (χ4n) is 5.78. The second-order valence-electron chi connectivity index (χ2n) is 6.35. The summed E-state index contributed by atoms with van der Waals surface area (Å²) in [6.45, 7) is 0. The Morgan fingerprint density at radius 3 is 2.53 bits per heavy atom. The van der Waals surface area contributed by atoms with Crippen LogP contribution in [-0.2, 0) is 4.74 Å². The predicted octanol–water partition coefficient (Wildman–Crippen LogP) is 2.85. The molecule has 0 amide bonds. The minimum atomic E-state index is -0.402. The van der Waals surface area contributed by atoms with E-state index in [2.05, 4.69) is 0 Å². The van der Waals surface area contributed by atoms with Crippen molar-refractivity contribution in [1.82, 2.24) is 0 Å². The van der Waals surface area contributed by atoms with Crippen LogP contribution in [0, 0.1) is 35.5 Å². The van der Waals surface area contributed by atoms with Gasteiger partial charge in [0, 0.05) is 0 Å². The van der Waals surface area contributed by atoms with Crippen molar-refractivity contribution < 1.29 is 4.74 Å². The Bertz CT molecular complexity index is 354. The topological polar surface area (TPSA) is 12.5 Å². The van der Waals surface area contributed by atoms with E-state index in [1.54, 1.807) is 0 Å². The van der Waals surface area contributed by atoms with E-state index in [-0.39, 0.29) is 0 Å². The van der Waals surface area contributed by atoms with Gasteiger partial charge in [0.15, 0.2) is 0 Å². The smallest absolute Gasteiger partial charge is 0.121 e. The van der Waals surface area contributed by atoms with Gasteiger partial charge in [0.05, 0.1) is 12.2 Å². The second kappa shape index (κ2) is 2.23. The molecule has 1 saturated heterocycles. The number of hydrogen-bond acceptors (Lipinski definition) is 1. The molecule has 82 valence electrons. The molecule has 0 aromatic heterocycles. The van der Waals surface area contributed by atoms with Crippen LogP contribution in [0.5, 0.6) is 0 Å². The van der Waals surface area contributed by atoms with Gasteiger partial charge in [-0.25, -0.2) is 0 Å². The first kappa shape index (κ1) is 8.60. The molecule has 15 heavy (non-hydrogen) atoms. The van der Waals surface area contributed by atoms with Gasteiger partial charge in [0.1, 0.15) is 4.33 Å². The third-order valence-corrected chi connectivity index (χ3v) is 6.89. The second-order valence-corrected chi connectivity index (χ2v) is 7.89. The maximum atomic E-state index is 6.45. The van der Waals surface area contributed by atoms with Crippen molar-refractivity contribution in [2.75, 3.05) is 0 Å². The zero-order valence-electron chi connectivity index (χ0n) is 8.40. The van der Waals surface area contributed by atoms with Crippen molar-refractivity contribution in [3.8, 4) is 0 Å². The Balaban J connectivity index is 1.61. The number of hydrogen-bond donors (Lipinski definition) is 0. The Morgan fingerprint density at radius 2 is 1.73 bits per heavy atom. The van der Waals surface area contributed by atoms with E-state index in [1.807, 2.05) is 0 Å². The highest BCUT2D eigenvalue weighted by Crippen LogP contribution is 2.75. The molecule has 5 rings (SSSR count). The van der Waals surface area contributed by atoms with Crippen molar-refractivity contribution in [3.63, 3.8) is 0 Å². The highest BCUT2D eigenvalue weighted by Gasteiger charge is 2.75. The van der Waals surface area contributed by atoms with Gasteiger partial charge in [-0.1, -0.05) is 0 Å². The van der Waals surface area contributed by atoms with Crippen LogP contribution in [0.2, 0.25) is 0 Å². The summed E-state index contributed by atoms with van der Waals surface area (Å²) < 4.78 is 5.38. The van der Waals surface area contributed by atoms with Crippen LogP contribution in [-0.4, -0.2) is 16.5 Å². The van der Waals surface area contributed by atoms with Gasteiger partial charge < -0.3 is 4.74 Å². The van der Waals surface area contributed by atoms with Crippen molar-refractivity contribution >= 4 is 23.2 Å². The Morgan fingerprint density at radius 1 is 1.00 bits per heavy atom. The summed E-state index contributed by atoms with van der Waals surface area (Å²) in [4.78, 5) is 0. The molecule has 0 aromatic rings. The summed E-state index contributed by atoms with van der Waals surface area (Å²) in [5.41, 5.74) is 0. The van der Waals surface area contributed by atoms with E-state index >= 15 is 0 Å². The van der Waals surface area contributed by atoms with Crippen LogP contribution in [0.15, 0.2) is 0 Å². The maximum absolute atomic E-state index is 6.45. The minimum Gasteiger partial charge on any atom is -0.369 e. The number of ether oxygens (including phenoxy) is 1. The quantitative estimate of drug-likeness (QED) is 0.363. The molecular weight excluding hydrogens is 231 g/mol. The Labute approximate surface area is 99.4 Å². The molecule has 8 unspecified atom stereocenters. The first-order valence-corrected chi connectivity index (χ1v) is 6.96. The van der Waals surface area contributed by atoms with Crippen LogP contribution in [0.4, 0.5) is 0 Å². The average Bonchev–Trinajstić information content (AvgIpc) is 2.54. The number of epoxide rings is 1. The molecule has 3 heteroatoms. The largest absolute Gasteiger partial charge is 0.369 e. The fraction of sp³-hybridized carbons (Fsp3) is 1.00. The van der Waals surface area contributed by atoms with E-state index in [4.69, 9.17) is 27.9 Å². The van der Waals surface area contributed by atoms with Crippen LogP contribution < -0.4 is 0 Å². The van der Waals surface area contributed by atoms with Gasteiger partial charge in [-0.3, -0.25) is 0 Å². The number of halogens is 2. The van der Waals surface area contributed by atoms with Crippen LogP contribution in [0.1, 0.15) is 19.3 Å². The van der Waals surface area contributed by atoms with Crippen LogP contribution in [0.25, 0.3) is 0 Å². The molecule has 5 fully saturated rings. The number of rotatable bonds is 0. The van der Waals surface area contributed by atoms with Crippen molar-refractivity contribution in [2.45, 2.75) is 35.8 Å². The summed E-state index contributed by atoms with van der Waals surface area (Å²) in [6, 6.07) is 0. The molecular formula is C12H14Cl2O. The first-order valence-electron chi connectivity index (χ1n) is 6.20. The standard InChI is InChI=1S/C12H14Cl2O/c13-12(14)3-4-1-7(12)9-6-2-5(8(4)9)10-11(6)15-10/h4-11H,1-3H2. The van der Waals surface area contributed by atoms with E-state index in [1.165, 1.54) is 12.8 Å². The van der Waals surface area contributed by atoms with E-state index in [0.29, 0.717) is 18.1 Å². The lowest BCUT2D eigenvalue weighted by Crippen LogP contribution is -2.40. The Hall–Kier alpha value is 0.540. The molecule has 1 heterocycles. The molecule has 1 aliphatic heterocycles. The lowest BCUT2D eigenvalue weighted by atomic mass is 9.71. The zero-order valence-corrected chi connectivity index (χ0v) is 9.92. The van der Waals surface area contributed by atoms with Gasteiger partial charge in [-0.05, 0) is 54.8 Å². The molecule has 5 aliphatic rings. The van der Waals surface area contributed by atoms with Crippen LogP contribution in [0.3, 0.4) is 0 Å². The summed E-state index contributed by atoms with van der Waals surface area (Å²) >= 11 is 12.9. The lowest BCUT2D eigenvalue weighted by molar-refractivity contribution is 0.158. The summed E-state index contributed by atoms with van der Waals surface area (Å²) in [6.07, 6.45) is 5.02. The zero-order chi connectivity index (χ0) is 9.95. The average molecular weight is 245 g/mol.